The Balaban J connectivity index is 1.37. The minimum Gasteiger partial charge on any atom is -0.462 e. The fourth-order valence-electron chi connectivity index (χ4n) is 7.90. The lowest BCUT2D eigenvalue weighted by Crippen LogP contribution is -2.58. The molecule has 0 aromatic carbocycles. The maximum absolute atomic E-state index is 13.9. The summed E-state index contributed by atoms with van der Waals surface area (Å²) < 4.78 is 31.5. The smallest absolute Gasteiger partial charge is 0.316 e. The molecule has 0 radical (unpaired) electrons. The van der Waals surface area contributed by atoms with E-state index in [0.717, 1.165) is 12.8 Å². The van der Waals surface area contributed by atoms with Gasteiger partial charge < -0.3 is 39.0 Å². The lowest BCUT2D eigenvalue weighted by Gasteiger charge is -2.50. The lowest BCUT2D eigenvalue weighted by atomic mass is 9.71. The predicted molar refractivity (Wildman–Crippen MR) is 149 cm³/mol. The van der Waals surface area contributed by atoms with E-state index in [4.69, 9.17) is 23.7 Å². The number of aliphatic hydroxyl groups is 3. The van der Waals surface area contributed by atoms with E-state index in [1.807, 2.05) is 19.9 Å². The highest BCUT2D eigenvalue weighted by Crippen LogP contribution is 2.50. The number of fused-ring (bicyclic) bond motifs is 3. The summed E-state index contributed by atoms with van der Waals surface area (Å²) in [6.07, 6.45) is 7.18. The first kappa shape index (κ1) is 29.5. The van der Waals surface area contributed by atoms with Crippen molar-refractivity contribution in [3.8, 4) is 0 Å². The lowest BCUT2D eigenvalue weighted by molar-refractivity contribution is -0.336. The van der Waals surface area contributed by atoms with Gasteiger partial charge in [-0.05, 0) is 43.8 Å². The fourth-order valence-corrected chi connectivity index (χ4v) is 7.90. The van der Waals surface area contributed by atoms with Crippen LogP contribution in [0.5, 0.6) is 0 Å². The van der Waals surface area contributed by atoms with Crippen LogP contribution in [0.25, 0.3) is 0 Å². The van der Waals surface area contributed by atoms with Crippen LogP contribution in [-0.4, -0.2) is 87.6 Å². The Hall–Kier alpha value is -1.59. The normalized spacial score (nSPS) is 53.8. The van der Waals surface area contributed by atoms with Crippen LogP contribution < -0.4 is 0 Å². The number of hydrogen-bond donors (Lipinski definition) is 3. The monoisotopic (exact) mass is 574 g/mol. The SMILES string of the molecule is CC[C@H]1O[C@]2(CC[C@@H]1C)C[C@@H]1C[C@@H](C[C@@H]3O[C@@]3(C)[C@H](O)[C@@H](C)/C=C/C=C3\CO[C@@H]4[C@H](O)C(C)=C[C@@H](C(=O)O1)[C@]34O)O2. The van der Waals surface area contributed by atoms with Gasteiger partial charge in [0.25, 0.3) is 0 Å². The molecular weight excluding hydrogens is 528 g/mol. The molecule has 228 valence electrons. The summed E-state index contributed by atoms with van der Waals surface area (Å²) in [4.78, 5) is 13.9. The van der Waals surface area contributed by atoms with Crippen LogP contribution in [0.4, 0.5) is 0 Å². The Morgan fingerprint density at radius 2 is 1.88 bits per heavy atom. The second-order valence-corrected chi connectivity index (χ2v) is 13.5. The number of aliphatic hydroxyl groups excluding tert-OH is 2. The highest BCUT2D eigenvalue weighted by atomic mass is 16.7. The topological polar surface area (TPSA) is 127 Å². The Kier molecular flexibility index (Phi) is 7.58. The second-order valence-electron chi connectivity index (χ2n) is 13.5. The zero-order valence-corrected chi connectivity index (χ0v) is 24.8. The number of rotatable bonds is 1. The van der Waals surface area contributed by atoms with Gasteiger partial charge in [0.05, 0.1) is 31.0 Å². The molecule has 0 unspecified atom stereocenters. The Labute approximate surface area is 242 Å². The van der Waals surface area contributed by atoms with Crippen molar-refractivity contribution in [3.05, 3.63) is 35.5 Å². The molecule has 0 saturated carbocycles. The van der Waals surface area contributed by atoms with Crippen LogP contribution >= 0.6 is 0 Å². The van der Waals surface area contributed by atoms with E-state index in [2.05, 4.69) is 13.8 Å². The van der Waals surface area contributed by atoms with E-state index in [1.54, 1.807) is 25.2 Å². The van der Waals surface area contributed by atoms with E-state index < -0.39 is 53.3 Å². The van der Waals surface area contributed by atoms with Crippen LogP contribution in [0.2, 0.25) is 0 Å². The third-order valence-corrected chi connectivity index (χ3v) is 10.6. The molecule has 41 heavy (non-hydrogen) atoms. The maximum Gasteiger partial charge on any atom is 0.316 e. The van der Waals surface area contributed by atoms with E-state index in [0.29, 0.717) is 42.7 Å². The van der Waals surface area contributed by atoms with E-state index in [-0.39, 0.29) is 30.8 Å². The van der Waals surface area contributed by atoms with Gasteiger partial charge in [-0.3, -0.25) is 4.79 Å². The van der Waals surface area contributed by atoms with Gasteiger partial charge in [0, 0.05) is 31.6 Å². The minimum atomic E-state index is -1.76. The van der Waals surface area contributed by atoms with Crippen molar-refractivity contribution in [2.75, 3.05) is 6.61 Å². The fraction of sp³-hybridized carbons (Fsp3) is 0.781. The molecular formula is C32H46O9. The van der Waals surface area contributed by atoms with Gasteiger partial charge in [-0.15, -0.1) is 0 Å². The van der Waals surface area contributed by atoms with E-state index >= 15 is 0 Å². The standard InChI is InChI=1S/C32H46O9/c1-6-24-17(2)10-11-31(40-24)15-22-13-21(39-31)14-25-30(5,41-25)27(34)18(3)8-7-9-20-16-37-28-26(33)19(4)12-23(29(35)38-22)32(20,28)36/h7-9,12,17-18,21-28,33-34,36H,6,10-11,13-16H2,1-5H3/b8-7+,20-9+/t17-,18-,21-,22-,23-,24+,25-,26+,27+,28+,30+,31+,32+/m0/s1. The molecule has 5 heterocycles. The van der Waals surface area contributed by atoms with Crippen molar-refractivity contribution in [1.82, 2.24) is 0 Å². The van der Waals surface area contributed by atoms with E-state index in [9.17, 15) is 20.1 Å². The van der Waals surface area contributed by atoms with Crippen molar-refractivity contribution in [2.24, 2.45) is 17.8 Å². The van der Waals surface area contributed by atoms with Gasteiger partial charge in [-0.1, -0.05) is 45.1 Å². The van der Waals surface area contributed by atoms with Crippen molar-refractivity contribution < 1.29 is 43.8 Å². The third kappa shape index (κ3) is 4.95. The van der Waals surface area contributed by atoms with Crippen molar-refractivity contribution in [1.29, 1.82) is 0 Å². The number of hydrogen-bond acceptors (Lipinski definition) is 9. The van der Waals surface area contributed by atoms with Crippen molar-refractivity contribution in [3.63, 3.8) is 0 Å². The summed E-state index contributed by atoms with van der Waals surface area (Å²) in [6, 6.07) is 0. The first-order valence-electron chi connectivity index (χ1n) is 15.4. The summed E-state index contributed by atoms with van der Waals surface area (Å²) in [5.41, 5.74) is -1.43. The molecule has 2 bridgehead atoms. The molecule has 1 spiro atoms. The van der Waals surface area contributed by atoms with Gasteiger partial charge in [0.15, 0.2) is 5.79 Å². The average molecular weight is 575 g/mol. The van der Waals surface area contributed by atoms with Gasteiger partial charge in [-0.2, -0.15) is 0 Å². The molecule has 3 N–H and O–H groups in total. The molecule has 1 aliphatic carbocycles. The highest BCUT2D eigenvalue weighted by molar-refractivity contribution is 5.78. The average Bonchev–Trinajstić information content (AvgIpc) is 3.45. The van der Waals surface area contributed by atoms with Crippen LogP contribution in [0.3, 0.4) is 0 Å². The molecule has 4 saturated heterocycles. The van der Waals surface area contributed by atoms with Crippen LogP contribution in [0, 0.1) is 17.8 Å². The first-order chi connectivity index (χ1) is 19.4. The molecule has 6 aliphatic rings. The van der Waals surface area contributed by atoms with Gasteiger partial charge >= 0.3 is 5.97 Å². The molecule has 5 aliphatic heterocycles. The minimum absolute atomic E-state index is 0.0452. The number of carbonyl (C=O) groups excluding carboxylic acids is 1. The van der Waals surface area contributed by atoms with Crippen molar-refractivity contribution >= 4 is 5.97 Å². The number of epoxide rings is 1. The number of ether oxygens (including phenoxy) is 5. The van der Waals surface area contributed by atoms with Gasteiger partial charge in [-0.25, -0.2) is 0 Å². The first-order valence-corrected chi connectivity index (χ1v) is 15.4. The molecule has 9 nitrogen and oxygen atoms in total. The number of allylic oxidation sites excluding steroid dienone is 2. The summed E-state index contributed by atoms with van der Waals surface area (Å²) in [6.45, 7) is 9.97. The molecule has 13 atom stereocenters. The molecule has 0 aromatic heterocycles. The molecule has 9 heteroatoms. The van der Waals surface area contributed by atoms with E-state index in [1.165, 1.54) is 0 Å². The summed E-state index contributed by atoms with van der Waals surface area (Å²) in [5.74, 6) is -2.30. The zero-order chi connectivity index (χ0) is 29.3. The largest absolute Gasteiger partial charge is 0.462 e. The molecule has 4 fully saturated rings. The Morgan fingerprint density at radius 1 is 1.10 bits per heavy atom. The van der Waals surface area contributed by atoms with Gasteiger partial charge in [0.2, 0.25) is 0 Å². The molecule has 0 aromatic rings. The maximum atomic E-state index is 13.9. The number of esters is 1. The van der Waals surface area contributed by atoms with Crippen molar-refractivity contribution in [2.45, 2.75) is 133 Å². The summed E-state index contributed by atoms with van der Waals surface area (Å²) in [7, 11) is 0. The Bertz CT molecular complexity index is 1130. The molecule has 0 amide bonds. The highest BCUT2D eigenvalue weighted by Gasteiger charge is 2.62. The van der Waals surface area contributed by atoms with Gasteiger partial charge in [0.1, 0.15) is 35.4 Å². The van der Waals surface area contributed by atoms with Crippen LogP contribution in [-0.2, 0) is 28.5 Å². The predicted octanol–water partition coefficient (Wildman–Crippen LogP) is 3.11. The quantitative estimate of drug-likeness (QED) is 0.246. The van der Waals surface area contributed by atoms with Crippen LogP contribution in [0.15, 0.2) is 35.5 Å². The number of carbonyl (C=O) groups is 1. The zero-order valence-electron chi connectivity index (χ0n) is 24.8. The van der Waals surface area contributed by atoms with Crippen LogP contribution in [0.1, 0.15) is 73.1 Å². The summed E-state index contributed by atoms with van der Waals surface area (Å²) >= 11 is 0. The molecule has 6 rings (SSSR count). The third-order valence-electron chi connectivity index (χ3n) is 10.6. The summed E-state index contributed by atoms with van der Waals surface area (Å²) in [5, 5.41) is 34.2. The second kappa shape index (κ2) is 10.5. The Morgan fingerprint density at radius 3 is 2.63 bits per heavy atom.